The fourth-order valence-electron chi connectivity index (χ4n) is 7.58. The van der Waals surface area contributed by atoms with Crippen molar-refractivity contribution >= 4 is 5.91 Å². The van der Waals surface area contributed by atoms with Crippen molar-refractivity contribution in [3.05, 3.63) is 122 Å². The van der Waals surface area contributed by atoms with E-state index >= 15 is 0 Å². The topological polar surface area (TPSA) is 69.6 Å². The summed E-state index contributed by atoms with van der Waals surface area (Å²) in [6, 6.07) is -0.628. The molecule has 0 radical (unpaired) electrons. The fourth-order valence-corrected chi connectivity index (χ4v) is 7.58. The van der Waals surface area contributed by atoms with Crippen molar-refractivity contribution in [2.24, 2.45) is 0 Å². The van der Waals surface area contributed by atoms with E-state index in [-0.39, 0.29) is 12.5 Å². The first-order valence-electron chi connectivity index (χ1n) is 27.2. The molecular weight excluding hydrogens is 795 g/mol. The van der Waals surface area contributed by atoms with Gasteiger partial charge in [-0.05, 0) is 89.9 Å². The molecule has 1 amide bonds. The molecule has 3 N–H and O–H groups in total. The average Bonchev–Trinajstić information content (AvgIpc) is 3.31. The SMILES string of the molecule is CC/C=C\C/C=C\C/C=C\C/C=C\C/C=C\C/C=C\C/C=C\C/C=C\C/C=C\CCCCCCCCCCCCCCCC(=O)NC(CO)C(O)/C=C/CCCCCCCCCCCC. The number of hydrogen-bond acceptors (Lipinski definition) is 3. The van der Waals surface area contributed by atoms with E-state index in [1.807, 2.05) is 6.08 Å². The van der Waals surface area contributed by atoms with Gasteiger partial charge in [0.05, 0.1) is 18.8 Å². The molecule has 4 heteroatoms. The van der Waals surface area contributed by atoms with Crippen LogP contribution in [0, 0.1) is 0 Å². The van der Waals surface area contributed by atoms with Crippen LogP contribution in [-0.4, -0.2) is 34.9 Å². The van der Waals surface area contributed by atoms with Crippen molar-refractivity contribution in [3.8, 4) is 0 Å². The summed E-state index contributed by atoms with van der Waals surface area (Å²) in [7, 11) is 0. The smallest absolute Gasteiger partial charge is 0.220 e. The van der Waals surface area contributed by atoms with Gasteiger partial charge in [0, 0.05) is 6.42 Å². The van der Waals surface area contributed by atoms with E-state index in [2.05, 4.69) is 129 Å². The number of carbonyl (C=O) groups excluding carboxylic acids is 1. The Balaban J connectivity index is 3.56. The first kappa shape index (κ1) is 61.8. The molecule has 0 saturated carbocycles. The molecule has 0 saturated heterocycles. The minimum Gasteiger partial charge on any atom is -0.394 e. The monoisotopic (exact) mass is 898 g/mol. The van der Waals surface area contributed by atoms with Crippen LogP contribution in [0.2, 0.25) is 0 Å². The molecule has 0 rings (SSSR count). The molecule has 0 aliphatic rings. The molecule has 0 bridgehead atoms. The number of rotatable bonds is 48. The number of amides is 1. The highest BCUT2D eigenvalue weighted by Gasteiger charge is 2.18. The number of unbranched alkanes of at least 4 members (excludes halogenated alkanes) is 23. The van der Waals surface area contributed by atoms with Gasteiger partial charge >= 0.3 is 0 Å². The van der Waals surface area contributed by atoms with E-state index in [0.29, 0.717) is 6.42 Å². The van der Waals surface area contributed by atoms with Gasteiger partial charge in [0.1, 0.15) is 0 Å². The fraction of sp³-hybridized carbons (Fsp3) is 0.656. The Kier molecular flexibility index (Phi) is 52.4. The summed E-state index contributed by atoms with van der Waals surface area (Å²) in [6.07, 6.45) is 84.9. The second-order valence-electron chi connectivity index (χ2n) is 17.9. The zero-order valence-corrected chi connectivity index (χ0v) is 42.5. The third kappa shape index (κ3) is 51.6. The molecule has 0 aromatic heterocycles. The first-order chi connectivity index (χ1) is 32.2. The van der Waals surface area contributed by atoms with Gasteiger partial charge in [-0.15, -0.1) is 0 Å². The molecule has 65 heavy (non-hydrogen) atoms. The number of aliphatic hydroxyl groups is 2. The van der Waals surface area contributed by atoms with Gasteiger partial charge in [0.25, 0.3) is 0 Å². The molecule has 370 valence electrons. The highest BCUT2D eigenvalue weighted by molar-refractivity contribution is 5.76. The van der Waals surface area contributed by atoms with Crippen molar-refractivity contribution < 1.29 is 15.0 Å². The van der Waals surface area contributed by atoms with Gasteiger partial charge in [0.15, 0.2) is 0 Å². The van der Waals surface area contributed by atoms with Crippen molar-refractivity contribution in [2.45, 2.75) is 251 Å². The highest BCUT2D eigenvalue weighted by atomic mass is 16.3. The predicted octanol–water partition coefficient (Wildman–Crippen LogP) is 18.1. The average molecular weight is 898 g/mol. The lowest BCUT2D eigenvalue weighted by Gasteiger charge is -2.20. The molecule has 0 aliphatic carbocycles. The summed E-state index contributed by atoms with van der Waals surface area (Å²) in [6.45, 7) is 4.18. The normalized spacial score (nSPS) is 13.8. The third-order valence-electron chi connectivity index (χ3n) is 11.7. The van der Waals surface area contributed by atoms with Crippen LogP contribution < -0.4 is 5.32 Å². The lowest BCUT2D eigenvalue weighted by Crippen LogP contribution is -2.45. The number of allylic oxidation sites excluding steroid dienone is 19. The maximum atomic E-state index is 12.4. The molecule has 0 heterocycles. The van der Waals surface area contributed by atoms with Crippen LogP contribution in [0.3, 0.4) is 0 Å². The predicted molar refractivity (Wildman–Crippen MR) is 289 cm³/mol. The molecule has 2 unspecified atom stereocenters. The van der Waals surface area contributed by atoms with Crippen LogP contribution in [0.1, 0.15) is 239 Å². The van der Waals surface area contributed by atoms with Crippen LogP contribution in [-0.2, 0) is 4.79 Å². The van der Waals surface area contributed by atoms with Gasteiger partial charge in [-0.2, -0.15) is 0 Å². The van der Waals surface area contributed by atoms with Gasteiger partial charge in [-0.25, -0.2) is 0 Å². The Morgan fingerprint density at radius 3 is 1.02 bits per heavy atom. The lowest BCUT2D eigenvalue weighted by atomic mass is 10.0. The highest BCUT2D eigenvalue weighted by Crippen LogP contribution is 2.15. The van der Waals surface area contributed by atoms with E-state index in [1.54, 1.807) is 6.08 Å². The van der Waals surface area contributed by atoms with Crippen molar-refractivity contribution in [1.82, 2.24) is 5.32 Å². The lowest BCUT2D eigenvalue weighted by molar-refractivity contribution is -0.123. The quantitative estimate of drug-likeness (QED) is 0.0421. The van der Waals surface area contributed by atoms with Crippen LogP contribution in [0.25, 0.3) is 0 Å². The Bertz CT molecular complexity index is 1290. The van der Waals surface area contributed by atoms with Gasteiger partial charge in [-0.3, -0.25) is 4.79 Å². The molecule has 0 aromatic carbocycles. The summed E-state index contributed by atoms with van der Waals surface area (Å²) in [5.41, 5.74) is 0. The Morgan fingerprint density at radius 1 is 0.385 bits per heavy atom. The second kappa shape index (κ2) is 55.1. The second-order valence-corrected chi connectivity index (χ2v) is 17.9. The van der Waals surface area contributed by atoms with E-state index in [0.717, 1.165) is 83.5 Å². The molecule has 0 fully saturated rings. The first-order valence-corrected chi connectivity index (χ1v) is 27.2. The van der Waals surface area contributed by atoms with E-state index in [1.165, 1.54) is 135 Å². The van der Waals surface area contributed by atoms with E-state index < -0.39 is 12.1 Å². The molecule has 0 aliphatic heterocycles. The molecule has 2 atom stereocenters. The minimum atomic E-state index is -0.844. The van der Waals surface area contributed by atoms with E-state index in [9.17, 15) is 15.0 Å². The number of nitrogens with one attached hydrogen (secondary N) is 1. The van der Waals surface area contributed by atoms with E-state index in [4.69, 9.17) is 0 Å². The van der Waals surface area contributed by atoms with Gasteiger partial charge in [0.2, 0.25) is 5.91 Å². The summed E-state index contributed by atoms with van der Waals surface area (Å²) >= 11 is 0. The van der Waals surface area contributed by atoms with Crippen LogP contribution >= 0.6 is 0 Å². The largest absolute Gasteiger partial charge is 0.394 e. The Morgan fingerprint density at radius 2 is 0.677 bits per heavy atom. The van der Waals surface area contributed by atoms with Crippen LogP contribution in [0.4, 0.5) is 0 Å². The zero-order chi connectivity index (χ0) is 47.0. The van der Waals surface area contributed by atoms with Crippen LogP contribution in [0.5, 0.6) is 0 Å². The maximum absolute atomic E-state index is 12.4. The third-order valence-corrected chi connectivity index (χ3v) is 11.7. The summed E-state index contributed by atoms with van der Waals surface area (Å²) < 4.78 is 0. The molecule has 4 nitrogen and oxygen atoms in total. The molecule has 0 aromatic rings. The molecule has 0 spiro atoms. The summed E-state index contributed by atoms with van der Waals surface area (Å²) in [5.74, 6) is -0.0705. The van der Waals surface area contributed by atoms with Crippen molar-refractivity contribution in [2.75, 3.05) is 6.61 Å². The number of aliphatic hydroxyl groups excluding tert-OH is 2. The summed E-state index contributed by atoms with van der Waals surface area (Å²) in [5, 5.41) is 23.0. The van der Waals surface area contributed by atoms with Gasteiger partial charge in [-0.1, -0.05) is 264 Å². The van der Waals surface area contributed by atoms with Crippen molar-refractivity contribution in [3.63, 3.8) is 0 Å². The zero-order valence-electron chi connectivity index (χ0n) is 42.5. The van der Waals surface area contributed by atoms with Crippen molar-refractivity contribution in [1.29, 1.82) is 0 Å². The van der Waals surface area contributed by atoms with Crippen LogP contribution in [0.15, 0.2) is 122 Å². The minimum absolute atomic E-state index is 0.0705. The molecular formula is C61H103NO3. The Hall–Kier alpha value is -3.21. The van der Waals surface area contributed by atoms with Gasteiger partial charge < -0.3 is 15.5 Å². The Labute approximate surface area is 403 Å². The number of hydrogen-bond donors (Lipinski definition) is 3. The maximum Gasteiger partial charge on any atom is 0.220 e. The standard InChI is InChI=1S/C61H103NO3/c1-3-5-7-9-11-13-15-17-18-19-20-21-22-23-24-25-26-27-28-29-30-31-32-33-34-35-36-37-38-39-40-41-42-43-44-45-47-49-51-53-55-57-61(65)62-59(58-63)60(64)56-54-52-50-48-46-16-14-12-10-8-6-4-2/h5,7,11,13,17-18,20-21,23-24,26-27,29-30,32-33,35-36,54,56,59-60,63-64H,3-4,6,8-10,12,14-16,19,22,25,28,31,34,37-53,55,57-58H2,1-2H3,(H,62,65)/b7-5-,13-11-,18-17-,21-20-,24-23-,27-26-,30-29-,33-32-,36-35-,56-54+. The summed E-state index contributed by atoms with van der Waals surface area (Å²) in [4.78, 5) is 12.4. The number of carbonyl (C=O) groups is 1.